The maximum absolute atomic E-state index is 13.4. The molecule has 0 fully saturated rings. The van der Waals surface area contributed by atoms with Gasteiger partial charge in [0.1, 0.15) is 10.6 Å². The van der Waals surface area contributed by atoms with Crippen molar-refractivity contribution in [1.82, 2.24) is 0 Å². The molecule has 0 atom stereocenters. The zero-order valence-electron chi connectivity index (χ0n) is 12.8. The van der Waals surface area contributed by atoms with Crippen LogP contribution in [0.2, 0.25) is 0 Å². The monoisotopic (exact) mass is 342 g/mol. The second-order valence-electron chi connectivity index (χ2n) is 6.22. The van der Waals surface area contributed by atoms with Crippen LogP contribution in [0.15, 0.2) is 35.2 Å². The largest absolute Gasteiger partial charge is 0.506 e. The van der Waals surface area contributed by atoms with Crippen LogP contribution in [-0.4, -0.2) is 18.1 Å². The molecule has 124 valence electrons. The summed E-state index contributed by atoms with van der Waals surface area (Å²) in [5, 5.41) is 10.2. The van der Waals surface area contributed by atoms with Crippen LogP contribution < -0.4 is 0 Å². The number of phenols is 1. The predicted octanol–water partition coefficient (Wildman–Crippen LogP) is 3.88. The smallest absolute Gasteiger partial charge is 0.298 e. The van der Waals surface area contributed by atoms with Gasteiger partial charge >= 0.3 is 0 Å². The van der Waals surface area contributed by atoms with Crippen molar-refractivity contribution in [3.63, 3.8) is 0 Å². The minimum atomic E-state index is -4.68. The average molecular weight is 342 g/mol. The number of phenolic OH excluding ortho intramolecular Hbond substituents is 1. The Morgan fingerprint density at radius 2 is 1.57 bits per heavy atom. The first-order valence-corrected chi connectivity index (χ1v) is 8.15. The first-order chi connectivity index (χ1) is 10.4. The van der Waals surface area contributed by atoms with Crippen LogP contribution in [0.25, 0.3) is 11.1 Å². The summed E-state index contributed by atoms with van der Waals surface area (Å²) in [5.41, 5.74) is 0.0730. The Bertz CT molecular complexity index is 868. The van der Waals surface area contributed by atoms with Crippen LogP contribution in [0.1, 0.15) is 26.3 Å². The van der Waals surface area contributed by atoms with Gasteiger partial charge in [0.05, 0.1) is 0 Å². The lowest BCUT2D eigenvalue weighted by atomic mass is 9.84. The molecule has 0 bridgehead atoms. The predicted molar refractivity (Wildman–Crippen MR) is 82.0 cm³/mol. The van der Waals surface area contributed by atoms with Crippen molar-refractivity contribution in [3.8, 4) is 16.9 Å². The molecule has 0 aliphatic carbocycles. The quantitative estimate of drug-likeness (QED) is 0.812. The van der Waals surface area contributed by atoms with E-state index in [0.717, 1.165) is 18.2 Å². The van der Waals surface area contributed by atoms with Gasteiger partial charge in [0.15, 0.2) is 11.6 Å². The van der Waals surface area contributed by atoms with Crippen molar-refractivity contribution >= 4 is 10.1 Å². The number of rotatable bonds is 2. The molecule has 0 aliphatic rings. The molecular weight excluding hydrogens is 326 g/mol. The fourth-order valence-electron chi connectivity index (χ4n) is 2.22. The molecule has 0 amide bonds. The van der Waals surface area contributed by atoms with E-state index in [4.69, 9.17) is 0 Å². The molecule has 2 aromatic carbocycles. The molecule has 0 aromatic heterocycles. The Hall–Kier alpha value is -1.99. The van der Waals surface area contributed by atoms with Gasteiger partial charge in [-0.25, -0.2) is 8.78 Å². The first-order valence-electron chi connectivity index (χ1n) is 6.71. The summed E-state index contributed by atoms with van der Waals surface area (Å²) < 4.78 is 58.8. The second-order valence-corrected chi connectivity index (χ2v) is 7.61. The summed E-state index contributed by atoms with van der Waals surface area (Å²) in [7, 11) is -4.68. The third-order valence-electron chi connectivity index (χ3n) is 3.41. The highest BCUT2D eigenvalue weighted by molar-refractivity contribution is 7.86. The van der Waals surface area contributed by atoms with Gasteiger partial charge in [0.25, 0.3) is 10.1 Å². The van der Waals surface area contributed by atoms with Crippen LogP contribution in [0.4, 0.5) is 8.78 Å². The van der Waals surface area contributed by atoms with E-state index in [1.807, 2.05) is 0 Å². The van der Waals surface area contributed by atoms with Crippen molar-refractivity contribution in [2.24, 2.45) is 0 Å². The van der Waals surface area contributed by atoms with E-state index >= 15 is 0 Å². The molecule has 0 heterocycles. The Morgan fingerprint density at radius 3 is 2.04 bits per heavy atom. The first kappa shape index (κ1) is 17.4. The molecule has 2 aromatic rings. The third-order valence-corrected chi connectivity index (χ3v) is 4.28. The maximum Gasteiger partial charge on any atom is 0.298 e. The van der Waals surface area contributed by atoms with E-state index < -0.39 is 37.8 Å². The van der Waals surface area contributed by atoms with Gasteiger partial charge in [-0.15, -0.1) is 0 Å². The molecule has 0 saturated heterocycles. The molecule has 0 saturated carbocycles. The van der Waals surface area contributed by atoms with E-state index in [2.05, 4.69) is 0 Å². The maximum atomic E-state index is 13.4. The lowest BCUT2D eigenvalue weighted by Crippen LogP contribution is -2.13. The van der Waals surface area contributed by atoms with Crippen molar-refractivity contribution in [3.05, 3.63) is 47.5 Å². The van der Waals surface area contributed by atoms with Crippen LogP contribution in [0.3, 0.4) is 0 Å². The minimum Gasteiger partial charge on any atom is -0.506 e. The van der Waals surface area contributed by atoms with Gasteiger partial charge < -0.3 is 5.11 Å². The zero-order valence-corrected chi connectivity index (χ0v) is 13.6. The van der Waals surface area contributed by atoms with Crippen molar-refractivity contribution in [2.45, 2.75) is 31.1 Å². The lowest BCUT2D eigenvalue weighted by molar-refractivity contribution is 0.423. The van der Waals surface area contributed by atoms with Crippen molar-refractivity contribution < 1.29 is 26.9 Å². The molecule has 0 spiro atoms. The highest BCUT2D eigenvalue weighted by Gasteiger charge is 2.26. The summed E-state index contributed by atoms with van der Waals surface area (Å²) in [6.45, 7) is 5.22. The highest BCUT2D eigenvalue weighted by Crippen LogP contribution is 2.39. The molecule has 7 heteroatoms. The average Bonchev–Trinajstić information content (AvgIpc) is 2.39. The van der Waals surface area contributed by atoms with Gasteiger partial charge in [-0.2, -0.15) is 8.42 Å². The summed E-state index contributed by atoms with van der Waals surface area (Å²) in [4.78, 5) is -0.676. The van der Waals surface area contributed by atoms with Gasteiger partial charge in [-0.3, -0.25) is 4.55 Å². The molecule has 23 heavy (non-hydrogen) atoms. The van der Waals surface area contributed by atoms with Crippen LogP contribution in [0.5, 0.6) is 5.75 Å². The van der Waals surface area contributed by atoms with E-state index in [1.165, 1.54) is 12.1 Å². The number of aromatic hydroxyl groups is 1. The minimum absolute atomic E-state index is 0.222. The molecular formula is C16H16F2O4S. The van der Waals surface area contributed by atoms with Crippen molar-refractivity contribution in [1.29, 1.82) is 0 Å². The number of halogens is 2. The van der Waals surface area contributed by atoms with Gasteiger partial charge in [0.2, 0.25) is 0 Å². The molecule has 0 radical (unpaired) electrons. The Labute approximate surface area is 133 Å². The van der Waals surface area contributed by atoms with Crippen molar-refractivity contribution in [2.75, 3.05) is 0 Å². The molecule has 0 aliphatic heterocycles. The standard InChI is InChI=1S/C16H16F2O4S/c1-16(2,3)11-6-10(8-14(15(11)19)23(20,21)22)9-4-5-12(17)13(18)7-9/h4-8,19H,1-3H3,(H,20,21,22). The number of hydrogen-bond donors (Lipinski definition) is 2. The fraction of sp³-hybridized carbons (Fsp3) is 0.250. The number of benzene rings is 2. The van der Waals surface area contributed by atoms with Gasteiger partial charge in [0, 0.05) is 5.56 Å². The van der Waals surface area contributed by atoms with E-state index in [1.54, 1.807) is 20.8 Å². The van der Waals surface area contributed by atoms with Crippen LogP contribution in [-0.2, 0) is 15.5 Å². The normalized spacial score (nSPS) is 12.4. The van der Waals surface area contributed by atoms with Crippen LogP contribution in [0, 0.1) is 11.6 Å². The summed E-state index contributed by atoms with van der Waals surface area (Å²) in [5.74, 6) is -2.67. The summed E-state index contributed by atoms with van der Waals surface area (Å²) in [6, 6.07) is 5.62. The van der Waals surface area contributed by atoms with E-state index in [-0.39, 0.29) is 16.7 Å². The topological polar surface area (TPSA) is 74.6 Å². The number of hydrogen-bond acceptors (Lipinski definition) is 3. The molecule has 4 nitrogen and oxygen atoms in total. The fourth-order valence-corrected chi connectivity index (χ4v) is 2.85. The Kier molecular flexibility index (Phi) is 4.21. The lowest BCUT2D eigenvalue weighted by Gasteiger charge is -2.22. The molecule has 0 unspecified atom stereocenters. The Balaban J connectivity index is 2.82. The second kappa shape index (κ2) is 5.58. The summed E-state index contributed by atoms with van der Waals surface area (Å²) in [6.07, 6.45) is 0. The molecule has 2 N–H and O–H groups in total. The Morgan fingerprint density at radius 1 is 0.957 bits per heavy atom. The van der Waals surface area contributed by atoms with Gasteiger partial charge in [-0.05, 0) is 40.8 Å². The van der Waals surface area contributed by atoms with E-state index in [9.17, 15) is 26.9 Å². The highest BCUT2D eigenvalue weighted by atomic mass is 32.2. The van der Waals surface area contributed by atoms with Crippen LogP contribution >= 0.6 is 0 Å². The molecule has 2 rings (SSSR count). The zero-order chi connectivity index (χ0) is 17.6. The van der Waals surface area contributed by atoms with E-state index in [0.29, 0.717) is 0 Å². The van der Waals surface area contributed by atoms with Gasteiger partial charge in [-0.1, -0.05) is 26.8 Å². The third kappa shape index (κ3) is 3.51. The summed E-state index contributed by atoms with van der Waals surface area (Å²) >= 11 is 0. The SMILES string of the molecule is CC(C)(C)c1cc(-c2ccc(F)c(F)c2)cc(S(=O)(=O)O)c1O.